The molecule has 1 heterocycles. The highest BCUT2D eigenvalue weighted by molar-refractivity contribution is 6.06. The van der Waals surface area contributed by atoms with Crippen molar-refractivity contribution in [2.45, 2.75) is 44.6 Å². The number of methoxy groups -OCH3 is 2. The van der Waals surface area contributed by atoms with Crippen LogP contribution in [-0.4, -0.2) is 37.0 Å². The number of fused-ring (bicyclic) bond motifs is 1. The van der Waals surface area contributed by atoms with Gasteiger partial charge in [0.25, 0.3) is 0 Å². The van der Waals surface area contributed by atoms with Gasteiger partial charge in [-0.05, 0) is 54.7 Å². The Morgan fingerprint density at radius 2 is 1.62 bits per heavy atom. The number of nitrogens with zero attached hydrogens (tertiary/aromatic N) is 1. The minimum Gasteiger partial charge on any atom is -0.493 e. The molecule has 8 nitrogen and oxygen atoms in total. The molecule has 5 rings (SSSR count). The molecule has 0 aromatic heterocycles. The zero-order valence-corrected chi connectivity index (χ0v) is 22.8. The second kappa shape index (κ2) is 11.3. The van der Waals surface area contributed by atoms with Crippen molar-refractivity contribution < 1.29 is 29.0 Å². The lowest BCUT2D eigenvalue weighted by Gasteiger charge is -2.35. The average Bonchev–Trinajstić information content (AvgIpc) is 3.10. The third-order valence-electron chi connectivity index (χ3n) is 7.58. The molecule has 2 aliphatic rings. The Bertz CT molecular complexity index is 1490. The van der Waals surface area contributed by atoms with E-state index < -0.39 is 12.0 Å². The molecule has 0 spiro atoms. The van der Waals surface area contributed by atoms with Crippen LogP contribution in [0.4, 0.5) is 11.4 Å². The SMILES string of the molecule is COc1ccc([C@@H]2CC(=O)C3=C(C2)Nc2ccccc2N(C(=O)CCC(=O)O)[C@@H]3c2ccc(C)cc2)cc1OC. The zero-order valence-electron chi connectivity index (χ0n) is 22.8. The van der Waals surface area contributed by atoms with Crippen LogP contribution in [-0.2, 0) is 14.4 Å². The maximum absolute atomic E-state index is 14.1. The summed E-state index contributed by atoms with van der Waals surface area (Å²) < 4.78 is 10.9. The van der Waals surface area contributed by atoms with Gasteiger partial charge in [-0.3, -0.25) is 19.3 Å². The van der Waals surface area contributed by atoms with Gasteiger partial charge in [-0.25, -0.2) is 0 Å². The van der Waals surface area contributed by atoms with Crippen LogP contribution in [0.3, 0.4) is 0 Å². The summed E-state index contributed by atoms with van der Waals surface area (Å²) in [5.74, 6) is -0.371. The Morgan fingerprint density at radius 3 is 2.33 bits per heavy atom. The van der Waals surface area contributed by atoms with Gasteiger partial charge in [0.2, 0.25) is 5.91 Å². The number of para-hydroxylation sites is 2. The molecule has 2 atom stereocenters. The number of carboxylic acid groups (broad SMARTS) is 1. The molecular formula is C32H32N2O6. The zero-order chi connectivity index (χ0) is 28.4. The van der Waals surface area contributed by atoms with Crippen LogP contribution in [0.1, 0.15) is 54.3 Å². The standard InChI is InChI=1S/C32H32N2O6/c1-19-8-10-20(11-9-19)32-31-24(16-22(17-26(31)35)21-12-13-27(39-2)28(18-21)40-3)33-23-6-4-5-7-25(23)34(32)29(36)14-15-30(37)38/h4-13,18,22,32-33H,14-17H2,1-3H3,(H,37,38)/t22-,32+/m0/s1. The third-order valence-corrected chi connectivity index (χ3v) is 7.58. The number of hydrogen-bond donors (Lipinski definition) is 2. The highest BCUT2D eigenvalue weighted by Crippen LogP contribution is 2.48. The first-order valence-corrected chi connectivity index (χ1v) is 13.2. The summed E-state index contributed by atoms with van der Waals surface area (Å²) in [4.78, 5) is 40.8. The number of benzene rings is 3. The highest BCUT2D eigenvalue weighted by atomic mass is 16.5. The fourth-order valence-electron chi connectivity index (χ4n) is 5.61. The molecule has 8 heteroatoms. The lowest BCUT2D eigenvalue weighted by Crippen LogP contribution is -2.38. The molecule has 2 N–H and O–H groups in total. The van der Waals surface area contributed by atoms with Crippen molar-refractivity contribution >= 4 is 29.0 Å². The number of ketones is 1. The summed E-state index contributed by atoms with van der Waals surface area (Å²) in [6, 6.07) is 20.2. The maximum atomic E-state index is 14.1. The van der Waals surface area contributed by atoms with E-state index in [0.29, 0.717) is 34.9 Å². The molecule has 0 unspecified atom stereocenters. The number of aryl methyl sites for hydroxylation is 1. The Hall–Kier alpha value is -4.59. The number of allylic oxidation sites excluding steroid dienone is 1. The van der Waals surface area contributed by atoms with Gasteiger partial charge in [0.1, 0.15) is 0 Å². The molecule has 0 saturated carbocycles. The summed E-state index contributed by atoms with van der Waals surface area (Å²) in [6.45, 7) is 1.98. The van der Waals surface area contributed by atoms with Gasteiger partial charge in [-0.2, -0.15) is 0 Å². The molecule has 40 heavy (non-hydrogen) atoms. The number of anilines is 2. The Balaban J connectivity index is 1.65. The summed E-state index contributed by atoms with van der Waals surface area (Å²) in [6.07, 6.45) is 0.320. The summed E-state index contributed by atoms with van der Waals surface area (Å²) in [5, 5.41) is 12.8. The minimum atomic E-state index is -1.05. The number of carbonyl (C=O) groups excluding carboxylic acids is 2. The first-order valence-electron chi connectivity index (χ1n) is 13.2. The summed E-state index contributed by atoms with van der Waals surface area (Å²) in [5.41, 5.74) is 5.37. The van der Waals surface area contributed by atoms with Gasteiger partial charge in [0.15, 0.2) is 17.3 Å². The number of carbonyl (C=O) groups is 3. The van der Waals surface area contributed by atoms with Gasteiger partial charge in [0, 0.05) is 24.1 Å². The number of carboxylic acids is 1. The first kappa shape index (κ1) is 27.0. The van der Waals surface area contributed by atoms with Gasteiger partial charge in [0.05, 0.1) is 38.1 Å². The van der Waals surface area contributed by atoms with Gasteiger partial charge < -0.3 is 19.9 Å². The second-order valence-corrected chi connectivity index (χ2v) is 10.1. The van der Waals surface area contributed by atoms with E-state index >= 15 is 0 Å². The first-order chi connectivity index (χ1) is 19.3. The van der Waals surface area contributed by atoms with Gasteiger partial charge in [-0.15, -0.1) is 0 Å². The maximum Gasteiger partial charge on any atom is 0.303 e. The Morgan fingerprint density at radius 1 is 0.925 bits per heavy atom. The van der Waals surface area contributed by atoms with Crippen LogP contribution in [0.15, 0.2) is 78.0 Å². The van der Waals surface area contributed by atoms with E-state index in [1.165, 1.54) is 0 Å². The predicted molar refractivity (Wildman–Crippen MR) is 152 cm³/mol. The van der Waals surface area contributed by atoms with Crippen LogP contribution in [0.2, 0.25) is 0 Å². The molecule has 0 bridgehead atoms. The minimum absolute atomic E-state index is 0.0667. The highest BCUT2D eigenvalue weighted by Gasteiger charge is 2.41. The molecule has 206 valence electrons. The molecule has 1 amide bonds. The van der Waals surface area contributed by atoms with Gasteiger partial charge in [-0.1, -0.05) is 48.0 Å². The number of hydrogen-bond acceptors (Lipinski definition) is 6. The normalized spacial score (nSPS) is 18.3. The van der Waals surface area contributed by atoms with Crippen LogP contribution in [0.5, 0.6) is 11.5 Å². The molecular weight excluding hydrogens is 508 g/mol. The number of nitrogens with one attached hydrogen (secondary N) is 1. The van der Waals surface area contributed by atoms with Crippen molar-refractivity contribution in [1.82, 2.24) is 0 Å². The number of ether oxygens (including phenoxy) is 2. The fourth-order valence-corrected chi connectivity index (χ4v) is 5.61. The van der Waals surface area contributed by atoms with Crippen LogP contribution < -0.4 is 19.7 Å². The Kier molecular flexibility index (Phi) is 7.60. The van der Waals surface area contributed by atoms with Crippen molar-refractivity contribution in [3.05, 3.63) is 94.7 Å². The molecule has 0 saturated heterocycles. The van der Waals surface area contributed by atoms with Crippen molar-refractivity contribution in [3.63, 3.8) is 0 Å². The quantitative estimate of drug-likeness (QED) is 0.392. The van der Waals surface area contributed by atoms with Crippen molar-refractivity contribution in [3.8, 4) is 11.5 Å². The van der Waals surface area contributed by atoms with E-state index in [1.54, 1.807) is 19.1 Å². The van der Waals surface area contributed by atoms with E-state index in [9.17, 15) is 19.5 Å². The molecule has 1 aliphatic heterocycles. The molecule has 0 fully saturated rings. The topological polar surface area (TPSA) is 105 Å². The van der Waals surface area contributed by atoms with Crippen LogP contribution in [0.25, 0.3) is 0 Å². The largest absolute Gasteiger partial charge is 0.493 e. The Labute approximate surface area is 233 Å². The van der Waals surface area contributed by atoms with E-state index in [4.69, 9.17) is 9.47 Å². The van der Waals surface area contributed by atoms with E-state index in [1.807, 2.05) is 73.7 Å². The van der Waals surface area contributed by atoms with E-state index in [-0.39, 0.29) is 36.9 Å². The van der Waals surface area contributed by atoms with Crippen molar-refractivity contribution in [1.29, 1.82) is 0 Å². The number of Topliss-reactive ketones (excluding diaryl/α,β-unsaturated/α-hetero) is 1. The molecule has 3 aromatic rings. The lowest BCUT2D eigenvalue weighted by molar-refractivity contribution is -0.138. The number of rotatable bonds is 7. The summed E-state index contributed by atoms with van der Waals surface area (Å²) in [7, 11) is 3.17. The predicted octanol–water partition coefficient (Wildman–Crippen LogP) is 5.78. The second-order valence-electron chi connectivity index (χ2n) is 10.1. The molecule has 1 aliphatic carbocycles. The lowest BCUT2D eigenvalue weighted by atomic mass is 9.78. The third kappa shape index (κ3) is 5.17. The van der Waals surface area contributed by atoms with Crippen molar-refractivity contribution in [2.75, 3.05) is 24.4 Å². The van der Waals surface area contributed by atoms with Crippen LogP contribution >= 0.6 is 0 Å². The summed E-state index contributed by atoms with van der Waals surface area (Å²) >= 11 is 0. The molecule has 3 aromatic carbocycles. The number of amides is 1. The monoisotopic (exact) mass is 540 g/mol. The fraction of sp³-hybridized carbons (Fsp3) is 0.281. The average molecular weight is 541 g/mol. The molecule has 0 radical (unpaired) electrons. The van der Waals surface area contributed by atoms with E-state index in [0.717, 1.165) is 22.4 Å². The van der Waals surface area contributed by atoms with Crippen LogP contribution in [0, 0.1) is 6.92 Å². The van der Waals surface area contributed by atoms with Crippen molar-refractivity contribution in [2.24, 2.45) is 0 Å². The van der Waals surface area contributed by atoms with Gasteiger partial charge >= 0.3 is 5.97 Å². The van der Waals surface area contributed by atoms with E-state index in [2.05, 4.69) is 5.32 Å². The smallest absolute Gasteiger partial charge is 0.303 e. The number of aliphatic carboxylic acids is 1.